The van der Waals surface area contributed by atoms with Crippen LogP contribution in [0.4, 0.5) is 5.82 Å². The maximum Gasteiger partial charge on any atom is 0.194 e. The van der Waals surface area contributed by atoms with E-state index >= 15 is 0 Å². The fourth-order valence-corrected chi connectivity index (χ4v) is 2.09. The Kier molecular flexibility index (Phi) is 3.53. The van der Waals surface area contributed by atoms with Crippen LogP contribution < -0.4 is 5.73 Å². The van der Waals surface area contributed by atoms with Gasteiger partial charge in [-0.1, -0.05) is 6.92 Å². The van der Waals surface area contributed by atoms with Crippen LogP contribution >= 0.6 is 11.8 Å². The van der Waals surface area contributed by atoms with Crippen LogP contribution in [-0.2, 0) is 6.42 Å². The molecular formula is C11H13N5S. The molecule has 2 heterocycles. The van der Waals surface area contributed by atoms with Gasteiger partial charge in [-0.15, -0.1) is 0 Å². The molecule has 0 aliphatic heterocycles. The molecule has 6 heteroatoms. The number of rotatable bonds is 3. The molecule has 0 unspecified atom stereocenters. The molecule has 0 saturated heterocycles. The Labute approximate surface area is 104 Å². The fraction of sp³-hybridized carbons (Fsp3) is 0.273. The highest BCUT2D eigenvalue weighted by Gasteiger charge is 2.05. The molecule has 0 radical (unpaired) electrons. The maximum absolute atomic E-state index is 5.71. The first-order chi connectivity index (χ1) is 8.17. The number of aromatic nitrogens is 4. The standard InChI is InChI=1S/C11H13N5S/c1-3-9-15-8(12)6-10(16-9)17-11-13-5-4-7(2)14-11/h4-6H,3H2,1-2H3,(H2,12,15,16). The summed E-state index contributed by atoms with van der Waals surface area (Å²) in [6.45, 7) is 3.92. The Morgan fingerprint density at radius 2 is 2.12 bits per heavy atom. The van der Waals surface area contributed by atoms with Gasteiger partial charge in [-0.05, 0) is 24.8 Å². The van der Waals surface area contributed by atoms with Gasteiger partial charge in [0.05, 0.1) is 0 Å². The minimum atomic E-state index is 0.479. The Morgan fingerprint density at radius 3 is 2.82 bits per heavy atom. The summed E-state index contributed by atoms with van der Waals surface area (Å²) in [5.74, 6) is 1.21. The molecule has 2 rings (SSSR count). The second kappa shape index (κ2) is 5.09. The molecule has 0 bridgehead atoms. The lowest BCUT2D eigenvalue weighted by Crippen LogP contribution is -2.00. The van der Waals surface area contributed by atoms with E-state index in [0.717, 1.165) is 23.0 Å². The molecule has 17 heavy (non-hydrogen) atoms. The van der Waals surface area contributed by atoms with Gasteiger partial charge < -0.3 is 5.73 Å². The number of nitrogens with two attached hydrogens (primary N) is 1. The third-order valence-corrected chi connectivity index (χ3v) is 2.85. The highest BCUT2D eigenvalue weighted by Crippen LogP contribution is 2.23. The van der Waals surface area contributed by atoms with Crippen molar-refractivity contribution in [1.82, 2.24) is 19.9 Å². The summed E-state index contributed by atoms with van der Waals surface area (Å²) in [6.07, 6.45) is 2.49. The molecule has 0 aromatic carbocycles. The van der Waals surface area contributed by atoms with Crippen molar-refractivity contribution in [3.63, 3.8) is 0 Å². The third kappa shape index (κ3) is 3.13. The van der Waals surface area contributed by atoms with Gasteiger partial charge in [-0.2, -0.15) is 0 Å². The number of hydrogen-bond donors (Lipinski definition) is 1. The van der Waals surface area contributed by atoms with Crippen LogP contribution in [0.3, 0.4) is 0 Å². The fourth-order valence-electron chi connectivity index (χ4n) is 1.27. The van der Waals surface area contributed by atoms with Crippen molar-refractivity contribution in [1.29, 1.82) is 0 Å². The molecule has 0 amide bonds. The first-order valence-corrected chi connectivity index (χ1v) is 6.10. The lowest BCUT2D eigenvalue weighted by Gasteiger charge is -2.03. The second-order valence-corrected chi connectivity index (χ2v) is 4.47. The van der Waals surface area contributed by atoms with Gasteiger partial charge in [0.25, 0.3) is 0 Å². The summed E-state index contributed by atoms with van der Waals surface area (Å²) in [7, 11) is 0. The molecule has 0 spiro atoms. The minimum Gasteiger partial charge on any atom is -0.384 e. The van der Waals surface area contributed by atoms with E-state index in [1.807, 2.05) is 19.9 Å². The summed E-state index contributed by atoms with van der Waals surface area (Å²) in [6, 6.07) is 3.59. The molecule has 0 fully saturated rings. The van der Waals surface area contributed by atoms with Crippen LogP contribution in [-0.4, -0.2) is 19.9 Å². The van der Waals surface area contributed by atoms with Crippen LogP contribution in [0.1, 0.15) is 18.4 Å². The van der Waals surface area contributed by atoms with Crippen molar-refractivity contribution in [3.8, 4) is 0 Å². The first-order valence-electron chi connectivity index (χ1n) is 5.28. The molecule has 0 aliphatic rings. The quantitative estimate of drug-likeness (QED) is 0.659. The average molecular weight is 247 g/mol. The van der Waals surface area contributed by atoms with Crippen LogP contribution in [0.2, 0.25) is 0 Å². The Morgan fingerprint density at radius 1 is 1.29 bits per heavy atom. The maximum atomic E-state index is 5.71. The highest BCUT2D eigenvalue weighted by molar-refractivity contribution is 7.99. The van der Waals surface area contributed by atoms with E-state index in [4.69, 9.17) is 5.73 Å². The van der Waals surface area contributed by atoms with E-state index in [9.17, 15) is 0 Å². The second-order valence-electron chi connectivity index (χ2n) is 3.48. The van der Waals surface area contributed by atoms with Crippen LogP contribution in [0.5, 0.6) is 0 Å². The number of anilines is 1. The van der Waals surface area contributed by atoms with Crippen molar-refractivity contribution in [2.24, 2.45) is 0 Å². The number of aryl methyl sites for hydroxylation is 2. The monoisotopic (exact) mass is 247 g/mol. The van der Waals surface area contributed by atoms with Crippen molar-refractivity contribution in [2.45, 2.75) is 30.5 Å². The lowest BCUT2D eigenvalue weighted by atomic mass is 10.4. The Hall–Kier alpha value is -1.69. The zero-order valence-electron chi connectivity index (χ0n) is 9.71. The zero-order chi connectivity index (χ0) is 12.3. The predicted octanol–water partition coefficient (Wildman–Crippen LogP) is 1.87. The molecule has 0 atom stereocenters. The number of nitrogens with zero attached hydrogens (tertiary/aromatic N) is 4. The largest absolute Gasteiger partial charge is 0.384 e. The van der Waals surface area contributed by atoms with Gasteiger partial charge in [0.2, 0.25) is 0 Å². The molecule has 2 aromatic rings. The van der Waals surface area contributed by atoms with Crippen molar-refractivity contribution in [3.05, 3.63) is 29.8 Å². The lowest BCUT2D eigenvalue weighted by molar-refractivity contribution is 0.884. The van der Waals surface area contributed by atoms with E-state index in [-0.39, 0.29) is 0 Å². The molecule has 2 aromatic heterocycles. The topological polar surface area (TPSA) is 77.6 Å². The van der Waals surface area contributed by atoms with Gasteiger partial charge in [0.15, 0.2) is 5.16 Å². The smallest absolute Gasteiger partial charge is 0.194 e. The molecule has 5 nitrogen and oxygen atoms in total. The summed E-state index contributed by atoms with van der Waals surface area (Å²) in [4.78, 5) is 17.0. The van der Waals surface area contributed by atoms with E-state index in [1.165, 1.54) is 11.8 Å². The van der Waals surface area contributed by atoms with Crippen LogP contribution in [0.25, 0.3) is 0 Å². The Bertz CT molecular complexity index is 529. The van der Waals surface area contributed by atoms with Crippen molar-refractivity contribution < 1.29 is 0 Å². The summed E-state index contributed by atoms with van der Waals surface area (Å²) in [5, 5.41) is 1.45. The molecule has 0 saturated carbocycles. The van der Waals surface area contributed by atoms with Gasteiger partial charge in [-0.3, -0.25) is 0 Å². The normalized spacial score (nSPS) is 10.5. The van der Waals surface area contributed by atoms with E-state index in [2.05, 4.69) is 19.9 Å². The van der Waals surface area contributed by atoms with Gasteiger partial charge >= 0.3 is 0 Å². The predicted molar refractivity (Wildman–Crippen MR) is 66.7 cm³/mol. The average Bonchev–Trinajstić information content (AvgIpc) is 2.28. The first kappa shape index (κ1) is 11.8. The zero-order valence-corrected chi connectivity index (χ0v) is 10.5. The SMILES string of the molecule is CCc1nc(N)cc(Sc2nccc(C)n2)n1. The van der Waals surface area contributed by atoms with Crippen LogP contribution in [0, 0.1) is 6.92 Å². The minimum absolute atomic E-state index is 0.479. The van der Waals surface area contributed by atoms with Gasteiger partial charge in [0, 0.05) is 24.4 Å². The van der Waals surface area contributed by atoms with Gasteiger partial charge in [0.1, 0.15) is 16.7 Å². The third-order valence-electron chi connectivity index (χ3n) is 2.05. The summed E-state index contributed by atoms with van der Waals surface area (Å²) in [5.41, 5.74) is 6.64. The van der Waals surface area contributed by atoms with Gasteiger partial charge in [-0.25, -0.2) is 19.9 Å². The summed E-state index contributed by atoms with van der Waals surface area (Å²) >= 11 is 1.39. The van der Waals surface area contributed by atoms with Crippen molar-refractivity contribution in [2.75, 3.05) is 5.73 Å². The highest BCUT2D eigenvalue weighted by atomic mass is 32.2. The van der Waals surface area contributed by atoms with Crippen LogP contribution in [0.15, 0.2) is 28.5 Å². The number of nitrogen functional groups attached to an aromatic ring is 1. The van der Waals surface area contributed by atoms with E-state index in [0.29, 0.717) is 11.0 Å². The number of hydrogen-bond acceptors (Lipinski definition) is 6. The Balaban J connectivity index is 2.26. The van der Waals surface area contributed by atoms with Crippen molar-refractivity contribution >= 4 is 17.6 Å². The van der Waals surface area contributed by atoms with E-state index < -0.39 is 0 Å². The molecule has 0 aliphatic carbocycles. The van der Waals surface area contributed by atoms with E-state index in [1.54, 1.807) is 12.3 Å². The summed E-state index contributed by atoms with van der Waals surface area (Å²) < 4.78 is 0. The molecule has 88 valence electrons. The molecular weight excluding hydrogens is 234 g/mol. The molecule has 2 N–H and O–H groups in total.